The number of nitrogens with two attached hydrogens (primary N) is 2. The fraction of sp³-hybridized carbons (Fsp3) is 0.857. The smallest absolute Gasteiger partial charge is 0.230 e. The predicted octanol–water partition coefficient (Wildman–Crippen LogP) is 1.29. The van der Waals surface area contributed by atoms with E-state index < -0.39 is 5.41 Å². The van der Waals surface area contributed by atoms with Crippen molar-refractivity contribution in [3.05, 3.63) is 0 Å². The quantitative estimate of drug-likeness (QED) is 0.775. The summed E-state index contributed by atoms with van der Waals surface area (Å²) in [7, 11) is 0. The van der Waals surface area contributed by atoms with Gasteiger partial charge in [-0.1, -0.05) is 13.8 Å². The second-order valence-electron chi connectivity index (χ2n) is 5.60. The van der Waals surface area contributed by atoms with Crippen LogP contribution in [-0.2, 0) is 9.59 Å². The lowest BCUT2D eigenvalue weighted by Gasteiger charge is -2.39. The summed E-state index contributed by atoms with van der Waals surface area (Å²) in [5.41, 5.74) is 10.6. The topological polar surface area (TPSA) is 89.4 Å². The van der Waals surface area contributed by atoms with Crippen molar-refractivity contribution in [2.45, 2.75) is 46.0 Å². The Balaban J connectivity index is 0.00000361. The molecule has 1 aliphatic rings. The monoisotopic (exact) mass is 305 g/mol. The zero-order valence-electron chi connectivity index (χ0n) is 12.6. The van der Waals surface area contributed by atoms with Crippen molar-refractivity contribution in [1.29, 1.82) is 0 Å². The second-order valence-corrected chi connectivity index (χ2v) is 5.60. The van der Waals surface area contributed by atoms with Gasteiger partial charge in [-0.2, -0.15) is 0 Å². The highest BCUT2D eigenvalue weighted by molar-refractivity contribution is 5.85. The van der Waals surface area contributed by atoms with E-state index in [9.17, 15) is 9.59 Å². The Bertz CT molecular complexity index is 316. The first kappa shape index (κ1) is 19.2. The summed E-state index contributed by atoms with van der Waals surface area (Å²) >= 11 is 0. The third-order valence-corrected chi connectivity index (χ3v) is 4.59. The van der Waals surface area contributed by atoms with E-state index in [0.29, 0.717) is 18.9 Å². The number of primary amides is 1. The van der Waals surface area contributed by atoms with Gasteiger partial charge in [-0.05, 0) is 31.6 Å². The van der Waals surface area contributed by atoms with Gasteiger partial charge >= 0.3 is 0 Å². The van der Waals surface area contributed by atoms with Crippen molar-refractivity contribution in [1.82, 2.24) is 4.90 Å². The van der Waals surface area contributed by atoms with Gasteiger partial charge in [0.1, 0.15) is 0 Å². The molecule has 1 saturated heterocycles. The Morgan fingerprint density at radius 3 is 2.05 bits per heavy atom. The molecule has 5 nitrogen and oxygen atoms in total. The molecule has 0 aromatic heterocycles. The van der Waals surface area contributed by atoms with Gasteiger partial charge in [0.2, 0.25) is 11.8 Å². The molecule has 1 aliphatic heterocycles. The zero-order chi connectivity index (χ0) is 14.5. The first-order chi connectivity index (χ1) is 8.99. The third kappa shape index (κ3) is 4.35. The minimum atomic E-state index is -0.406. The molecule has 2 amide bonds. The molecule has 0 aliphatic carbocycles. The van der Waals surface area contributed by atoms with Crippen LogP contribution >= 0.6 is 12.4 Å². The van der Waals surface area contributed by atoms with E-state index >= 15 is 0 Å². The highest BCUT2D eigenvalue weighted by Crippen LogP contribution is 2.30. The molecule has 1 fully saturated rings. The number of rotatable bonds is 6. The van der Waals surface area contributed by atoms with Gasteiger partial charge in [-0.3, -0.25) is 9.59 Å². The number of likely N-dealkylation sites (tertiary alicyclic amines) is 1. The van der Waals surface area contributed by atoms with E-state index in [1.165, 1.54) is 0 Å². The normalized spacial score (nSPS) is 16.6. The van der Waals surface area contributed by atoms with Crippen LogP contribution in [0.15, 0.2) is 0 Å². The van der Waals surface area contributed by atoms with Crippen molar-refractivity contribution in [2.75, 3.05) is 19.6 Å². The van der Waals surface area contributed by atoms with Crippen LogP contribution in [0.4, 0.5) is 0 Å². The SMILES string of the molecule is CCC(CC)(CN)C(=O)N1CCC(CC(N)=O)CC1.Cl. The summed E-state index contributed by atoms with van der Waals surface area (Å²) < 4.78 is 0. The molecule has 118 valence electrons. The Morgan fingerprint density at radius 1 is 1.20 bits per heavy atom. The van der Waals surface area contributed by atoms with Gasteiger partial charge in [0, 0.05) is 26.1 Å². The van der Waals surface area contributed by atoms with Gasteiger partial charge in [0.05, 0.1) is 5.41 Å². The van der Waals surface area contributed by atoms with Crippen molar-refractivity contribution in [3.8, 4) is 0 Å². The Morgan fingerprint density at radius 2 is 1.70 bits per heavy atom. The van der Waals surface area contributed by atoms with E-state index in [4.69, 9.17) is 11.5 Å². The molecule has 4 N–H and O–H groups in total. The molecule has 6 heteroatoms. The summed E-state index contributed by atoms with van der Waals surface area (Å²) in [5.74, 6) is 0.262. The predicted molar refractivity (Wildman–Crippen MR) is 82.4 cm³/mol. The zero-order valence-corrected chi connectivity index (χ0v) is 13.4. The van der Waals surface area contributed by atoms with Crippen LogP contribution in [0.25, 0.3) is 0 Å². The average Bonchev–Trinajstić information content (AvgIpc) is 2.41. The number of hydrogen-bond acceptors (Lipinski definition) is 3. The van der Waals surface area contributed by atoms with Crippen LogP contribution in [0, 0.1) is 11.3 Å². The van der Waals surface area contributed by atoms with Gasteiger partial charge in [-0.25, -0.2) is 0 Å². The first-order valence-electron chi connectivity index (χ1n) is 7.26. The Labute approximate surface area is 127 Å². The summed E-state index contributed by atoms with van der Waals surface area (Å²) in [5, 5.41) is 0. The van der Waals surface area contributed by atoms with Crippen LogP contribution in [-0.4, -0.2) is 36.3 Å². The summed E-state index contributed by atoms with van der Waals surface area (Å²) in [6.07, 6.45) is 3.72. The standard InChI is InChI=1S/C14H27N3O2.ClH/c1-3-14(4-2,10-15)13(19)17-7-5-11(6-8-17)9-12(16)18;/h11H,3-10,15H2,1-2H3,(H2,16,18);1H. The van der Waals surface area contributed by atoms with Gasteiger partial charge < -0.3 is 16.4 Å². The number of halogens is 1. The fourth-order valence-electron chi connectivity index (χ4n) is 2.89. The van der Waals surface area contributed by atoms with Crippen molar-refractivity contribution >= 4 is 24.2 Å². The van der Waals surface area contributed by atoms with Gasteiger partial charge in [-0.15, -0.1) is 12.4 Å². The molecule has 1 rings (SSSR count). The lowest BCUT2D eigenvalue weighted by Crippen LogP contribution is -2.50. The molecule has 0 unspecified atom stereocenters. The van der Waals surface area contributed by atoms with Gasteiger partial charge in [0.25, 0.3) is 0 Å². The van der Waals surface area contributed by atoms with E-state index in [-0.39, 0.29) is 24.2 Å². The van der Waals surface area contributed by atoms with Crippen LogP contribution < -0.4 is 11.5 Å². The molecule has 0 aromatic carbocycles. The van der Waals surface area contributed by atoms with Crippen molar-refractivity contribution < 1.29 is 9.59 Å². The largest absolute Gasteiger partial charge is 0.370 e. The molecule has 0 aromatic rings. The number of hydrogen-bond donors (Lipinski definition) is 2. The number of piperidine rings is 1. The molecule has 0 radical (unpaired) electrons. The van der Waals surface area contributed by atoms with Crippen LogP contribution in [0.5, 0.6) is 0 Å². The van der Waals surface area contributed by atoms with Crippen molar-refractivity contribution in [3.63, 3.8) is 0 Å². The maximum Gasteiger partial charge on any atom is 0.230 e. The van der Waals surface area contributed by atoms with Crippen LogP contribution in [0.2, 0.25) is 0 Å². The molecule has 20 heavy (non-hydrogen) atoms. The number of amides is 2. The Hall–Kier alpha value is -0.810. The molecular weight excluding hydrogens is 278 g/mol. The summed E-state index contributed by atoms with van der Waals surface area (Å²) in [6, 6.07) is 0. The molecule has 0 atom stereocenters. The molecule has 0 spiro atoms. The van der Waals surface area contributed by atoms with Crippen LogP contribution in [0.1, 0.15) is 46.0 Å². The summed E-state index contributed by atoms with van der Waals surface area (Å²) in [4.78, 5) is 25.4. The summed E-state index contributed by atoms with van der Waals surface area (Å²) in [6.45, 7) is 5.89. The lowest BCUT2D eigenvalue weighted by molar-refractivity contribution is -0.143. The van der Waals surface area contributed by atoms with Gasteiger partial charge in [0.15, 0.2) is 0 Å². The highest BCUT2D eigenvalue weighted by atomic mass is 35.5. The van der Waals surface area contributed by atoms with E-state index in [2.05, 4.69) is 0 Å². The molecule has 0 bridgehead atoms. The fourth-order valence-corrected chi connectivity index (χ4v) is 2.89. The molecular formula is C14H28ClN3O2. The maximum absolute atomic E-state index is 12.6. The third-order valence-electron chi connectivity index (χ3n) is 4.59. The van der Waals surface area contributed by atoms with E-state index in [1.54, 1.807) is 0 Å². The molecule has 0 saturated carbocycles. The molecule has 1 heterocycles. The number of nitrogens with zero attached hydrogens (tertiary/aromatic N) is 1. The number of carbonyl (C=O) groups is 2. The minimum absolute atomic E-state index is 0. The Kier molecular flexibility index (Phi) is 8.13. The first-order valence-corrected chi connectivity index (χ1v) is 7.26. The second kappa shape index (κ2) is 8.47. The highest BCUT2D eigenvalue weighted by Gasteiger charge is 2.38. The maximum atomic E-state index is 12.6. The van der Waals surface area contributed by atoms with Crippen molar-refractivity contribution in [2.24, 2.45) is 22.8 Å². The minimum Gasteiger partial charge on any atom is -0.370 e. The van der Waals surface area contributed by atoms with Crippen LogP contribution in [0.3, 0.4) is 0 Å². The van der Waals surface area contributed by atoms with E-state index in [0.717, 1.165) is 38.8 Å². The average molecular weight is 306 g/mol. The van der Waals surface area contributed by atoms with E-state index in [1.807, 2.05) is 18.7 Å². The lowest BCUT2D eigenvalue weighted by atomic mass is 9.80. The number of carbonyl (C=O) groups excluding carboxylic acids is 2.